The number of carboxylic acids is 1. The average Bonchev–Trinajstić information content (AvgIpc) is 2.85. The van der Waals surface area contributed by atoms with E-state index in [9.17, 15) is 4.79 Å². The molecular weight excluding hydrogens is 375 g/mol. The Morgan fingerprint density at radius 2 is 2.00 bits per heavy atom. The van der Waals surface area contributed by atoms with Gasteiger partial charge in [-0.25, -0.2) is 0 Å². The summed E-state index contributed by atoms with van der Waals surface area (Å²) in [6.45, 7) is 4.39. The average molecular weight is 395 g/mol. The highest BCUT2D eigenvalue weighted by atomic mass is 35.5. The molecule has 0 amide bonds. The van der Waals surface area contributed by atoms with Crippen molar-refractivity contribution in [2.45, 2.75) is 45.3 Å². The van der Waals surface area contributed by atoms with Crippen LogP contribution in [0.5, 0.6) is 11.5 Å². The van der Waals surface area contributed by atoms with Crippen molar-refractivity contribution in [2.75, 3.05) is 0 Å². The first-order valence-corrected chi connectivity index (χ1v) is 9.12. The van der Waals surface area contributed by atoms with E-state index in [1.807, 2.05) is 26.0 Å². The van der Waals surface area contributed by atoms with Crippen molar-refractivity contribution in [3.05, 3.63) is 57.1 Å². The summed E-state index contributed by atoms with van der Waals surface area (Å²) in [5.41, 5.74) is 2.51. The van der Waals surface area contributed by atoms with Crippen LogP contribution in [-0.4, -0.2) is 16.7 Å². The SMILES string of the molecule is CC1(C)Cc2cc(Cl)cc(COc3ccc(CCC(=O)O)c(Cl)c3)c2O1. The number of hydrogen-bond donors (Lipinski definition) is 1. The number of aryl methyl sites for hydroxylation is 1. The van der Waals surface area contributed by atoms with Gasteiger partial charge in [0.2, 0.25) is 0 Å². The van der Waals surface area contributed by atoms with Gasteiger partial charge in [0.05, 0.1) is 0 Å². The largest absolute Gasteiger partial charge is 0.489 e. The van der Waals surface area contributed by atoms with E-state index in [0.717, 1.165) is 28.9 Å². The fourth-order valence-corrected chi connectivity index (χ4v) is 3.60. The highest BCUT2D eigenvalue weighted by Gasteiger charge is 2.32. The van der Waals surface area contributed by atoms with Crippen LogP contribution in [0.25, 0.3) is 0 Å². The lowest BCUT2D eigenvalue weighted by molar-refractivity contribution is -0.136. The molecule has 0 aromatic heterocycles. The van der Waals surface area contributed by atoms with Crippen LogP contribution in [0, 0.1) is 0 Å². The number of hydrogen-bond acceptors (Lipinski definition) is 3. The topological polar surface area (TPSA) is 55.8 Å². The van der Waals surface area contributed by atoms with Crippen LogP contribution in [0.15, 0.2) is 30.3 Å². The summed E-state index contributed by atoms with van der Waals surface area (Å²) in [6, 6.07) is 9.07. The summed E-state index contributed by atoms with van der Waals surface area (Å²) in [6.07, 6.45) is 1.24. The van der Waals surface area contributed by atoms with Gasteiger partial charge in [0.1, 0.15) is 23.7 Å². The molecule has 0 aliphatic carbocycles. The van der Waals surface area contributed by atoms with Crippen LogP contribution >= 0.6 is 23.2 Å². The lowest BCUT2D eigenvalue weighted by Crippen LogP contribution is -2.25. The molecule has 1 N–H and O–H groups in total. The third-order valence-corrected chi connectivity index (χ3v) is 4.80. The Balaban J connectivity index is 1.72. The number of carbonyl (C=O) groups is 1. The lowest BCUT2D eigenvalue weighted by atomic mass is 10.0. The fraction of sp³-hybridized carbons (Fsp3) is 0.350. The quantitative estimate of drug-likeness (QED) is 0.721. The van der Waals surface area contributed by atoms with E-state index in [1.165, 1.54) is 0 Å². The molecule has 0 saturated carbocycles. The summed E-state index contributed by atoms with van der Waals surface area (Å²) in [5, 5.41) is 9.93. The molecule has 0 atom stereocenters. The van der Waals surface area contributed by atoms with Crippen molar-refractivity contribution in [3.8, 4) is 11.5 Å². The molecule has 0 unspecified atom stereocenters. The van der Waals surface area contributed by atoms with Crippen molar-refractivity contribution >= 4 is 29.2 Å². The Hall–Kier alpha value is -1.91. The van der Waals surface area contributed by atoms with Crippen LogP contribution in [0.2, 0.25) is 10.0 Å². The molecule has 0 bridgehead atoms. The lowest BCUT2D eigenvalue weighted by Gasteiger charge is -2.18. The summed E-state index contributed by atoms with van der Waals surface area (Å²) in [5.74, 6) is 0.600. The minimum absolute atomic E-state index is 0.0434. The van der Waals surface area contributed by atoms with Gasteiger partial charge in [-0.15, -0.1) is 0 Å². The van der Waals surface area contributed by atoms with Crippen molar-refractivity contribution in [1.82, 2.24) is 0 Å². The van der Waals surface area contributed by atoms with Crippen molar-refractivity contribution in [2.24, 2.45) is 0 Å². The summed E-state index contributed by atoms with van der Waals surface area (Å²) >= 11 is 12.5. The standard InChI is InChI=1S/C20H20Cl2O4/c1-20(2)10-13-7-15(21)8-14(19(13)26-20)11-25-16-5-3-12(17(22)9-16)4-6-18(23)24/h3,5,7-9H,4,6,10-11H2,1-2H3,(H,23,24). The van der Waals surface area contributed by atoms with E-state index in [4.69, 9.17) is 37.8 Å². The fourth-order valence-electron chi connectivity index (χ4n) is 3.08. The molecule has 1 aliphatic heterocycles. The first-order chi connectivity index (χ1) is 12.2. The minimum Gasteiger partial charge on any atom is -0.489 e. The van der Waals surface area contributed by atoms with Gasteiger partial charge in [-0.1, -0.05) is 29.3 Å². The van der Waals surface area contributed by atoms with Crippen LogP contribution < -0.4 is 9.47 Å². The molecule has 0 saturated heterocycles. The van der Waals surface area contributed by atoms with Crippen LogP contribution in [0.1, 0.15) is 37.0 Å². The van der Waals surface area contributed by atoms with Gasteiger partial charge >= 0.3 is 5.97 Å². The highest BCUT2D eigenvalue weighted by molar-refractivity contribution is 6.31. The Morgan fingerprint density at radius 3 is 2.69 bits per heavy atom. The third kappa shape index (κ3) is 4.43. The molecule has 1 aliphatic rings. The van der Waals surface area contributed by atoms with Crippen molar-refractivity contribution < 1.29 is 19.4 Å². The molecule has 1 heterocycles. The smallest absolute Gasteiger partial charge is 0.303 e. The first-order valence-electron chi connectivity index (χ1n) is 8.37. The van der Waals surface area contributed by atoms with Crippen molar-refractivity contribution in [1.29, 1.82) is 0 Å². The number of benzene rings is 2. The van der Waals surface area contributed by atoms with Gasteiger partial charge in [0.25, 0.3) is 0 Å². The van der Waals surface area contributed by atoms with E-state index >= 15 is 0 Å². The predicted octanol–water partition coefficient (Wildman–Crippen LogP) is 5.30. The van der Waals surface area contributed by atoms with E-state index in [1.54, 1.807) is 18.2 Å². The van der Waals surface area contributed by atoms with Crippen LogP contribution in [0.3, 0.4) is 0 Å². The van der Waals surface area contributed by atoms with Crippen molar-refractivity contribution in [3.63, 3.8) is 0 Å². The molecule has 0 spiro atoms. The molecule has 0 fully saturated rings. The van der Waals surface area contributed by atoms with E-state index in [-0.39, 0.29) is 12.0 Å². The number of halogens is 2. The molecule has 6 heteroatoms. The maximum atomic E-state index is 10.7. The summed E-state index contributed by atoms with van der Waals surface area (Å²) in [7, 11) is 0. The van der Waals surface area contributed by atoms with E-state index in [0.29, 0.717) is 28.8 Å². The van der Waals surface area contributed by atoms with Gasteiger partial charge in [-0.05, 0) is 55.7 Å². The highest BCUT2D eigenvalue weighted by Crippen LogP contribution is 2.40. The molecule has 26 heavy (non-hydrogen) atoms. The zero-order valence-corrected chi connectivity index (χ0v) is 16.2. The summed E-state index contributed by atoms with van der Waals surface area (Å²) in [4.78, 5) is 10.7. The van der Waals surface area contributed by atoms with Gasteiger partial charge < -0.3 is 14.6 Å². The zero-order valence-electron chi connectivity index (χ0n) is 14.6. The van der Waals surface area contributed by atoms with Crippen LogP contribution in [-0.2, 0) is 24.2 Å². The number of rotatable bonds is 6. The minimum atomic E-state index is -0.848. The molecule has 2 aromatic carbocycles. The number of aliphatic carboxylic acids is 1. The number of ether oxygens (including phenoxy) is 2. The first kappa shape index (κ1) is 18.9. The third-order valence-electron chi connectivity index (χ3n) is 4.23. The van der Waals surface area contributed by atoms with Gasteiger partial charge in [0, 0.05) is 28.5 Å². The Labute approximate surface area is 162 Å². The molecule has 2 aromatic rings. The molecule has 138 valence electrons. The molecule has 3 rings (SSSR count). The second-order valence-corrected chi connectivity index (χ2v) is 7.87. The number of carboxylic acid groups (broad SMARTS) is 1. The Kier molecular flexibility index (Phi) is 5.35. The maximum absolute atomic E-state index is 10.7. The van der Waals surface area contributed by atoms with E-state index < -0.39 is 5.97 Å². The monoisotopic (exact) mass is 394 g/mol. The summed E-state index contributed by atoms with van der Waals surface area (Å²) < 4.78 is 11.9. The second-order valence-electron chi connectivity index (χ2n) is 7.03. The zero-order chi connectivity index (χ0) is 18.9. The van der Waals surface area contributed by atoms with Gasteiger partial charge in [-0.2, -0.15) is 0 Å². The van der Waals surface area contributed by atoms with Crippen LogP contribution in [0.4, 0.5) is 0 Å². The predicted molar refractivity (Wildman–Crippen MR) is 102 cm³/mol. The molecule has 4 nitrogen and oxygen atoms in total. The van der Waals surface area contributed by atoms with Gasteiger partial charge in [-0.3, -0.25) is 4.79 Å². The molecule has 0 radical (unpaired) electrons. The second kappa shape index (κ2) is 7.37. The Morgan fingerprint density at radius 1 is 1.23 bits per heavy atom. The Bertz CT molecular complexity index is 846. The normalized spacial score (nSPS) is 14.6. The van der Waals surface area contributed by atoms with Gasteiger partial charge in [0.15, 0.2) is 0 Å². The van der Waals surface area contributed by atoms with E-state index in [2.05, 4.69) is 0 Å². The molecular formula is C20H20Cl2O4. The maximum Gasteiger partial charge on any atom is 0.303 e. The number of fused-ring (bicyclic) bond motifs is 1.